The maximum atomic E-state index is 12.6. The predicted octanol–water partition coefficient (Wildman–Crippen LogP) is 2.66. The lowest BCUT2D eigenvalue weighted by Gasteiger charge is -2.24. The van der Waals surface area contributed by atoms with Gasteiger partial charge in [0, 0.05) is 17.7 Å². The van der Waals surface area contributed by atoms with Crippen LogP contribution in [0.3, 0.4) is 0 Å². The van der Waals surface area contributed by atoms with E-state index in [1.165, 1.54) is 23.5 Å². The Morgan fingerprint density at radius 3 is 2.50 bits per heavy atom. The molecule has 0 saturated heterocycles. The first kappa shape index (κ1) is 24.2. The number of esters is 1. The Labute approximate surface area is 192 Å². The van der Waals surface area contributed by atoms with Gasteiger partial charge in [0.25, 0.3) is 0 Å². The van der Waals surface area contributed by atoms with Crippen LogP contribution in [0.1, 0.15) is 53.2 Å². The van der Waals surface area contributed by atoms with Crippen molar-refractivity contribution in [3.05, 3.63) is 45.8 Å². The summed E-state index contributed by atoms with van der Waals surface area (Å²) >= 11 is 1.28. The van der Waals surface area contributed by atoms with E-state index in [1.807, 2.05) is 0 Å². The Hall–Kier alpha value is -2.43. The number of rotatable bonds is 6. The number of anilines is 1. The molecule has 10 heteroatoms. The highest BCUT2D eigenvalue weighted by Crippen LogP contribution is 2.40. The summed E-state index contributed by atoms with van der Waals surface area (Å²) in [4.78, 5) is 26.1. The molecule has 174 valence electrons. The molecule has 0 fully saturated rings. The molecule has 1 aromatic carbocycles. The van der Waals surface area contributed by atoms with Crippen LogP contribution < -0.4 is 11.1 Å². The number of hydrogen-bond donors (Lipinski definition) is 2. The number of nitrogen functional groups attached to an aromatic ring is 1. The van der Waals surface area contributed by atoms with Crippen molar-refractivity contribution < 1.29 is 27.5 Å². The van der Waals surface area contributed by atoms with E-state index in [0.29, 0.717) is 29.2 Å². The largest absolute Gasteiger partial charge is 0.456 e. The topological polar surface area (TPSA) is 125 Å². The van der Waals surface area contributed by atoms with E-state index in [0.717, 1.165) is 16.7 Å². The molecule has 1 aliphatic rings. The van der Waals surface area contributed by atoms with Crippen molar-refractivity contribution in [3.8, 4) is 0 Å². The van der Waals surface area contributed by atoms with Gasteiger partial charge < -0.3 is 20.5 Å². The zero-order chi connectivity index (χ0) is 23.7. The smallest absolute Gasteiger partial charge is 0.341 e. The second-order valence-electron chi connectivity index (χ2n) is 8.69. The summed E-state index contributed by atoms with van der Waals surface area (Å²) < 4.78 is 34.4. The molecule has 0 aliphatic carbocycles. The second-order valence-corrected chi connectivity index (χ2v) is 11.8. The Morgan fingerprint density at radius 2 is 1.91 bits per heavy atom. The van der Waals surface area contributed by atoms with Gasteiger partial charge in [0.05, 0.1) is 23.5 Å². The van der Waals surface area contributed by atoms with Crippen LogP contribution in [-0.2, 0) is 36.9 Å². The fraction of sp³-hybridized carbons (Fsp3) is 0.455. The number of carbonyl (C=O) groups is 2. The van der Waals surface area contributed by atoms with E-state index >= 15 is 0 Å². The molecule has 1 aromatic heterocycles. The molecule has 1 unspecified atom stereocenters. The second kappa shape index (κ2) is 9.21. The number of amides is 1. The molecule has 8 nitrogen and oxygen atoms in total. The summed E-state index contributed by atoms with van der Waals surface area (Å²) in [7, 11) is -3.28. The average Bonchev–Trinajstić information content (AvgIpc) is 3.01. The molecule has 0 radical (unpaired) electrons. The van der Waals surface area contributed by atoms with Crippen LogP contribution in [0, 0.1) is 0 Å². The molecule has 3 rings (SSSR count). The quantitative estimate of drug-likeness (QED) is 0.609. The van der Waals surface area contributed by atoms with Crippen molar-refractivity contribution >= 4 is 38.1 Å². The minimum absolute atomic E-state index is 0.110. The Kier molecular flexibility index (Phi) is 6.97. The predicted molar refractivity (Wildman–Crippen MR) is 123 cm³/mol. The molecule has 1 aliphatic heterocycles. The maximum absolute atomic E-state index is 12.6. The molecule has 3 N–H and O–H groups in total. The monoisotopic (exact) mass is 480 g/mol. The van der Waals surface area contributed by atoms with E-state index < -0.39 is 27.5 Å². The summed E-state index contributed by atoms with van der Waals surface area (Å²) in [5.41, 5.74) is 7.43. The van der Waals surface area contributed by atoms with Crippen LogP contribution in [0.25, 0.3) is 0 Å². The first-order valence-corrected chi connectivity index (χ1v) is 12.9. The fourth-order valence-corrected chi connectivity index (χ4v) is 5.19. The minimum Gasteiger partial charge on any atom is -0.456 e. The highest BCUT2D eigenvalue weighted by molar-refractivity contribution is 7.90. The van der Waals surface area contributed by atoms with E-state index in [1.54, 1.807) is 32.9 Å². The number of benzene rings is 1. The van der Waals surface area contributed by atoms with E-state index in [9.17, 15) is 18.0 Å². The first-order chi connectivity index (χ1) is 14.8. The third-order valence-corrected chi connectivity index (χ3v) is 7.11. The molecule has 2 heterocycles. The van der Waals surface area contributed by atoms with Crippen LogP contribution in [0.15, 0.2) is 29.2 Å². The molecular weight excluding hydrogens is 452 g/mol. The van der Waals surface area contributed by atoms with Gasteiger partial charge in [-0.15, -0.1) is 11.3 Å². The summed E-state index contributed by atoms with van der Waals surface area (Å²) in [6.45, 7) is 6.05. The Morgan fingerprint density at radius 1 is 1.25 bits per heavy atom. The van der Waals surface area contributed by atoms with Gasteiger partial charge in [-0.2, -0.15) is 0 Å². The van der Waals surface area contributed by atoms with E-state index in [4.69, 9.17) is 15.2 Å². The van der Waals surface area contributed by atoms with Crippen molar-refractivity contribution in [2.24, 2.45) is 0 Å². The van der Waals surface area contributed by atoms with Crippen LogP contribution in [-0.4, -0.2) is 45.3 Å². The third kappa shape index (κ3) is 5.87. The molecule has 32 heavy (non-hydrogen) atoms. The number of nitrogens with one attached hydrogen (secondary N) is 1. The van der Waals surface area contributed by atoms with Crippen LogP contribution in [0.2, 0.25) is 0 Å². The average molecular weight is 481 g/mol. The number of thiophene rings is 1. The van der Waals surface area contributed by atoms with Gasteiger partial charge in [-0.3, -0.25) is 4.79 Å². The fourth-order valence-electron chi connectivity index (χ4n) is 3.40. The van der Waals surface area contributed by atoms with Gasteiger partial charge in [0.1, 0.15) is 16.7 Å². The van der Waals surface area contributed by atoms with Crippen molar-refractivity contribution in [2.45, 2.75) is 50.2 Å². The summed E-state index contributed by atoms with van der Waals surface area (Å²) in [5, 5.41) is 3.24. The minimum atomic E-state index is -3.28. The van der Waals surface area contributed by atoms with Crippen molar-refractivity contribution in [3.63, 3.8) is 0 Å². The number of fused-ring (bicyclic) bond motifs is 1. The van der Waals surface area contributed by atoms with Crippen molar-refractivity contribution in [2.75, 3.05) is 25.1 Å². The molecule has 1 amide bonds. The SMILES string of the molecule is CC(C)(C)OC(=O)c1c(N)sc2c1CCOC2CNC(=O)Cc1ccc(S(C)(=O)=O)cc1. The molecule has 0 saturated carbocycles. The highest BCUT2D eigenvalue weighted by atomic mass is 32.2. The first-order valence-electron chi connectivity index (χ1n) is 10.2. The summed E-state index contributed by atoms with van der Waals surface area (Å²) in [6, 6.07) is 6.22. The summed E-state index contributed by atoms with van der Waals surface area (Å²) in [5.74, 6) is -0.667. The van der Waals surface area contributed by atoms with Gasteiger partial charge in [0.2, 0.25) is 5.91 Å². The number of sulfone groups is 1. The lowest BCUT2D eigenvalue weighted by Crippen LogP contribution is -2.32. The zero-order valence-corrected chi connectivity index (χ0v) is 20.2. The van der Waals surface area contributed by atoms with E-state index in [2.05, 4.69) is 5.32 Å². The Bertz CT molecular complexity index is 1110. The van der Waals surface area contributed by atoms with Crippen molar-refractivity contribution in [1.82, 2.24) is 5.32 Å². The van der Waals surface area contributed by atoms with Gasteiger partial charge in [0.15, 0.2) is 9.84 Å². The van der Waals surface area contributed by atoms with Gasteiger partial charge >= 0.3 is 5.97 Å². The highest BCUT2D eigenvalue weighted by Gasteiger charge is 2.32. The number of hydrogen-bond acceptors (Lipinski definition) is 8. The van der Waals surface area contributed by atoms with Gasteiger partial charge in [-0.05, 0) is 50.5 Å². The van der Waals surface area contributed by atoms with Crippen LogP contribution in [0.5, 0.6) is 0 Å². The van der Waals surface area contributed by atoms with Crippen LogP contribution in [0.4, 0.5) is 5.00 Å². The lowest BCUT2D eigenvalue weighted by molar-refractivity contribution is -0.121. The zero-order valence-electron chi connectivity index (χ0n) is 18.6. The third-order valence-electron chi connectivity index (χ3n) is 4.83. The standard InChI is InChI=1S/C22H28N2O6S2/c1-22(2,3)30-21(26)18-15-9-10-29-16(19(15)31-20(18)23)12-24-17(25)11-13-5-7-14(8-6-13)32(4,27)28/h5-8,16H,9-12,23H2,1-4H3,(H,24,25). The van der Waals surface area contributed by atoms with Gasteiger partial charge in [-0.1, -0.05) is 12.1 Å². The molecular formula is C22H28N2O6S2. The Balaban J connectivity index is 1.66. The van der Waals surface area contributed by atoms with Crippen LogP contribution >= 0.6 is 11.3 Å². The number of nitrogens with two attached hydrogens (primary N) is 1. The van der Waals surface area contributed by atoms with Crippen molar-refractivity contribution in [1.29, 1.82) is 0 Å². The maximum Gasteiger partial charge on any atom is 0.341 e. The number of ether oxygens (including phenoxy) is 2. The number of carbonyl (C=O) groups excluding carboxylic acids is 2. The summed E-state index contributed by atoms with van der Waals surface area (Å²) in [6.07, 6.45) is 1.39. The van der Waals surface area contributed by atoms with Gasteiger partial charge in [-0.25, -0.2) is 13.2 Å². The molecule has 0 bridgehead atoms. The lowest BCUT2D eigenvalue weighted by atomic mass is 10.0. The molecule has 2 aromatic rings. The molecule has 1 atom stereocenters. The normalized spacial score (nSPS) is 16.3. The molecule has 0 spiro atoms. The van der Waals surface area contributed by atoms with E-state index in [-0.39, 0.29) is 23.8 Å².